The van der Waals surface area contributed by atoms with Crippen molar-refractivity contribution in [2.24, 2.45) is 0 Å². The van der Waals surface area contributed by atoms with Gasteiger partial charge in [-0.2, -0.15) is 0 Å². The van der Waals surface area contributed by atoms with Gasteiger partial charge in [-0.05, 0) is 31.9 Å². The molecule has 1 saturated heterocycles. The Balaban J connectivity index is 1.87. The molecule has 0 aromatic heterocycles. The van der Waals surface area contributed by atoms with Crippen LogP contribution in [0, 0.1) is 0 Å². The Hall–Kier alpha value is -0.860. The summed E-state index contributed by atoms with van der Waals surface area (Å²) in [4.78, 5) is 2.68. The summed E-state index contributed by atoms with van der Waals surface area (Å²) in [5.74, 6) is 0. The van der Waals surface area contributed by atoms with Gasteiger partial charge < -0.3 is 5.32 Å². The summed E-state index contributed by atoms with van der Waals surface area (Å²) in [6, 6.07) is 11.0. The predicted molar refractivity (Wildman–Crippen MR) is 80.2 cm³/mol. The van der Waals surface area contributed by atoms with Gasteiger partial charge in [0.05, 0.1) is 5.54 Å². The van der Waals surface area contributed by atoms with E-state index in [0.717, 1.165) is 13.1 Å². The topological polar surface area (TPSA) is 15.3 Å². The van der Waals surface area contributed by atoms with Crippen molar-refractivity contribution in [3.63, 3.8) is 0 Å². The van der Waals surface area contributed by atoms with Crippen LogP contribution in [-0.4, -0.2) is 30.1 Å². The molecular weight excluding hydrogens is 232 g/mol. The predicted octanol–water partition coefficient (Wildman–Crippen LogP) is 3.14. The molecule has 0 radical (unpaired) electrons. The molecule has 1 aliphatic heterocycles. The summed E-state index contributed by atoms with van der Waals surface area (Å²) in [6.07, 6.45) is 5.50. The summed E-state index contributed by atoms with van der Waals surface area (Å²) in [6.45, 7) is 8.10. The van der Waals surface area contributed by atoms with Crippen LogP contribution in [0.1, 0.15) is 45.1 Å². The minimum absolute atomic E-state index is 0.143. The SMILES string of the molecule is CCN1CC2(CCCC2)NCC1(C)c1ccccc1. The molecule has 2 fully saturated rings. The molecule has 1 atom stereocenters. The molecule has 1 saturated carbocycles. The molecule has 1 heterocycles. The van der Waals surface area contributed by atoms with Gasteiger partial charge in [0.25, 0.3) is 0 Å². The number of likely N-dealkylation sites (N-methyl/N-ethyl adjacent to an activating group) is 1. The van der Waals surface area contributed by atoms with Gasteiger partial charge in [-0.25, -0.2) is 0 Å². The van der Waals surface area contributed by atoms with E-state index in [1.54, 1.807) is 0 Å². The summed E-state index contributed by atoms with van der Waals surface area (Å²) >= 11 is 0. The third kappa shape index (κ3) is 2.21. The number of rotatable bonds is 2. The monoisotopic (exact) mass is 258 g/mol. The summed E-state index contributed by atoms with van der Waals surface area (Å²) in [7, 11) is 0. The van der Waals surface area contributed by atoms with E-state index >= 15 is 0 Å². The van der Waals surface area contributed by atoms with Gasteiger partial charge in [0.1, 0.15) is 0 Å². The van der Waals surface area contributed by atoms with E-state index < -0.39 is 0 Å². The molecule has 2 nitrogen and oxygen atoms in total. The van der Waals surface area contributed by atoms with Crippen molar-refractivity contribution in [2.75, 3.05) is 19.6 Å². The van der Waals surface area contributed by atoms with Gasteiger partial charge in [0, 0.05) is 18.6 Å². The zero-order chi connectivity index (χ0) is 13.3. The molecule has 1 spiro atoms. The Bertz CT molecular complexity index is 422. The van der Waals surface area contributed by atoms with Gasteiger partial charge in [0.2, 0.25) is 0 Å². The Morgan fingerprint density at radius 1 is 1.16 bits per heavy atom. The number of benzene rings is 1. The van der Waals surface area contributed by atoms with Crippen LogP contribution < -0.4 is 5.32 Å². The molecule has 3 rings (SSSR count). The minimum Gasteiger partial charge on any atom is -0.308 e. The van der Waals surface area contributed by atoms with Gasteiger partial charge in [-0.15, -0.1) is 0 Å². The molecule has 0 bridgehead atoms. The van der Waals surface area contributed by atoms with Crippen LogP contribution >= 0.6 is 0 Å². The first kappa shape index (κ1) is 13.1. The second-order valence-electron chi connectivity index (χ2n) is 6.50. The van der Waals surface area contributed by atoms with Crippen molar-refractivity contribution < 1.29 is 0 Å². The van der Waals surface area contributed by atoms with Crippen molar-refractivity contribution in [1.82, 2.24) is 10.2 Å². The zero-order valence-corrected chi connectivity index (χ0v) is 12.3. The van der Waals surface area contributed by atoms with E-state index in [1.807, 2.05) is 0 Å². The maximum absolute atomic E-state index is 3.91. The Labute approximate surface area is 117 Å². The fourth-order valence-electron chi connectivity index (χ4n) is 4.00. The number of nitrogens with one attached hydrogen (secondary N) is 1. The van der Waals surface area contributed by atoms with Crippen molar-refractivity contribution in [3.05, 3.63) is 35.9 Å². The molecule has 2 aliphatic rings. The third-order valence-corrected chi connectivity index (χ3v) is 5.34. The van der Waals surface area contributed by atoms with E-state index in [1.165, 1.54) is 37.8 Å². The second-order valence-corrected chi connectivity index (χ2v) is 6.50. The molecule has 1 unspecified atom stereocenters. The maximum atomic E-state index is 3.91. The molecule has 19 heavy (non-hydrogen) atoms. The number of hydrogen-bond acceptors (Lipinski definition) is 2. The third-order valence-electron chi connectivity index (χ3n) is 5.34. The fraction of sp³-hybridized carbons (Fsp3) is 0.647. The molecule has 2 heteroatoms. The lowest BCUT2D eigenvalue weighted by molar-refractivity contribution is 0.0184. The molecular formula is C17H26N2. The van der Waals surface area contributed by atoms with Crippen LogP contribution in [0.3, 0.4) is 0 Å². The van der Waals surface area contributed by atoms with Crippen molar-refractivity contribution >= 4 is 0 Å². The van der Waals surface area contributed by atoms with E-state index in [-0.39, 0.29) is 5.54 Å². The normalized spacial score (nSPS) is 30.8. The van der Waals surface area contributed by atoms with Crippen molar-refractivity contribution in [3.8, 4) is 0 Å². The highest BCUT2D eigenvalue weighted by molar-refractivity contribution is 5.26. The summed E-state index contributed by atoms with van der Waals surface area (Å²) in [5.41, 5.74) is 1.99. The Kier molecular flexibility index (Phi) is 3.40. The quantitative estimate of drug-likeness (QED) is 0.876. The lowest BCUT2D eigenvalue weighted by Crippen LogP contribution is -2.66. The van der Waals surface area contributed by atoms with Crippen molar-refractivity contribution in [1.29, 1.82) is 0 Å². The average molecular weight is 258 g/mol. The van der Waals surface area contributed by atoms with Gasteiger partial charge >= 0.3 is 0 Å². The average Bonchev–Trinajstić information content (AvgIpc) is 2.91. The molecule has 0 amide bonds. The highest BCUT2D eigenvalue weighted by atomic mass is 15.3. The van der Waals surface area contributed by atoms with Crippen LogP contribution in [0.15, 0.2) is 30.3 Å². The van der Waals surface area contributed by atoms with E-state index in [9.17, 15) is 0 Å². The number of piperazine rings is 1. The molecule has 1 aromatic rings. The number of nitrogens with zero attached hydrogens (tertiary/aromatic N) is 1. The zero-order valence-electron chi connectivity index (χ0n) is 12.3. The maximum Gasteiger partial charge on any atom is 0.0558 e. The van der Waals surface area contributed by atoms with Crippen LogP contribution in [-0.2, 0) is 5.54 Å². The summed E-state index contributed by atoms with van der Waals surface area (Å²) < 4.78 is 0. The number of hydrogen-bond donors (Lipinski definition) is 1. The van der Waals surface area contributed by atoms with E-state index in [0.29, 0.717) is 5.54 Å². The van der Waals surface area contributed by atoms with Crippen LogP contribution in [0.2, 0.25) is 0 Å². The fourth-order valence-corrected chi connectivity index (χ4v) is 4.00. The van der Waals surface area contributed by atoms with Crippen molar-refractivity contribution in [2.45, 2.75) is 50.6 Å². The first-order valence-corrected chi connectivity index (χ1v) is 7.74. The standard InChI is InChI=1S/C17H26N2/c1-3-19-14-17(11-7-8-12-17)18-13-16(19,2)15-9-5-4-6-10-15/h4-6,9-10,18H,3,7-8,11-14H2,1-2H3. The van der Waals surface area contributed by atoms with Crippen LogP contribution in [0.25, 0.3) is 0 Å². The van der Waals surface area contributed by atoms with Crippen LogP contribution in [0.5, 0.6) is 0 Å². The molecule has 1 aromatic carbocycles. The van der Waals surface area contributed by atoms with E-state index in [4.69, 9.17) is 0 Å². The lowest BCUT2D eigenvalue weighted by Gasteiger charge is -2.52. The first-order chi connectivity index (χ1) is 9.19. The largest absolute Gasteiger partial charge is 0.308 e. The minimum atomic E-state index is 0.143. The highest BCUT2D eigenvalue weighted by Gasteiger charge is 2.46. The van der Waals surface area contributed by atoms with E-state index in [2.05, 4.69) is 54.4 Å². The first-order valence-electron chi connectivity index (χ1n) is 7.74. The Morgan fingerprint density at radius 2 is 1.84 bits per heavy atom. The second kappa shape index (κ2) is 4.92. The highest BCUT2D eigenvalue weighted by Crippen LogP contribution is 2.39. The van der Waals surface area contributed by atoms with Gasteiger partial charge in [-0.3, -0.25) is 4.90 Å². The van der Waals surface area contributed by atoms with Gasteiger partial charge in [-0.1, -0.05) is 50.1 Å². The Morgan fingerprint density at radius 3 is 2.47 bits per heavy atom. The molecule has 1 N–H and O–H groups in total. The molecule has 1 aliphatic carbocycles. The summed E-state index contributed by atoms with van der Waals surface area (Å²) in [5, 5.41) is 3.91. The van der Waals surface area contributed by atoms with Crippen LogP contribution in [0.4, 0.5) is 0 Å². The smallest absolute Gasteiger partial charge is 0.0558 e. The van der Waals surface area contributed by atoms with Gasteiger partial charge in [0.15, 0.2) is 0 Å². The lowest BCUT2D eigenvalue weighted by atomic mass is 9.82. The molecule has 104 valence electrons.